The molecule has 0 aromatic carbocycles. The lowest BCUT2D eigenvalue weighted by Crippen LogP contribution is -2.24. The van der Waals surface area contributed by atoms with Gasteiger partial charge in [-0.1, -0.05) is 5.16 Å². The van der Waals surface area contributed by atoms with E-state index in [2.05, 4.69) is 5.16 Å². The van der Waals surface area contributed by atoms with Crippen LogP contribution in [0.1, 0.15) is 40.0 Å². The second-order valence-corrected chi connectivity index (χ2v) is 5.78. The van der Waals surface area contributed by atoms with E-state index in [0.717, 1.165) is 12.8 Å². The van der Waals surface area contributed by atoms with Crippen molar-refractivity contribution < 1.29 is 14.7 Å². The van der Waals surface area contributed by atoms with E-state index in [-0.39, 0.29) is 16.9 Å². The molecule has 5 heteroatoms. The summed E-state index contributed by atoms with van der Waals surface area (Å²) in [7, 11) is 0. The van der Waals surface area contributed by atoms with Crippen molar-refractivity contribution in [3.63, 3.8) is 0 Å². The summed E-state index contributed by atoms with van der Waals surface area (Å²) in [6, 6.07) is 0. The molecule has 0 saturated heterocycles. The molecule has 0 amide bonds. The highest BCUT2D eigenvalue weighted by Crippen LogP contribution is 2.48. The molecule has 5 nitrogen and oxygen atoms in total. The Bertz CT molecular complexity index is 267. The lowest BCUT2D eigenvalue weighted by atomic mass is 10.0. The average Bonchev–Trinajstić information content (AvgIpc) is 2.96. The summed E-state index contributed by atoms with van der Waals surface area (Å²) in [6.45, 7) is 7.92. The van der Waals surface area contributed by atoms with Crippen LogP contribution in [0.2, 0.25) is 0 Å². The molecule has 1 saturated carbocycles. The Kier molecular flexibility index (Phi) is 4.77. The summed E-state index contributed by atoms with van der Waals surface area (Å²) in [5.41, 5.74) is 5.50. The first kappa shape index (κ1) is 14.3. The highest BCUT2D eigenvalue weighted by molar-refractivity contribution is 5.80. The van der Waals surface area contributed by atoms with Crippen molar-refractivity contribution in [2.45, 2.75) is 45.6 Å². The normalized spacial score (nSPS) is 19.4. The lowest BCUT2D eigenvalue weighted by molar-refractivity contribution is -0.0404. The lowest BCUT2D eigenvalue weighted by Gasteiger charge is -2.20. The van der Waals surface area contributed by atoms with Gasteiger partial charge in [0.1, 0.15) is 5.84 Å². The number of nitrogens with zero attached hydrogens (tertiary/aromatic N) is 1. The Labute approximate surface area is 103 Å². The summed E-state index contributed by atoms with van der Waals surface area (Å²) in [5, 5.41) is 11.5. The van der Waals surface area contributed by atoms with Crippen molar-refractivity contribution in [3.05, 3.63) is 0 Å². The Morgan fingerprint density at radius 1 is 1.35 bits per heavy atom. The molecule has 3 N–H and O–H groups in total. The predicted molar refractivity (Wildman–Crippen MR) is 66.2 cm³/mol. The van der Waals surface area contributed by atoms with Crippen molar-refractivity contribution in [2.24, 2.45) is 16.3 Å². The van der Waals surface area contributed by atoms with E-state index in [1.807, 2.05) is 20.8 Å². The zero-order chi connectivity index (χ0) is 12.9. The number of hydrogen-bond donors (Lipinski definition) is 2. The largest absolute Gasteiger partial charge is 0.409 e. The maximum atomic E-state index is 8.53. The molecule has 1 aliphatic rings. The number of amidine groups is 1. The minimum atomic E-state index is -0.116. The van der Waals surface area contributed by atoms with Crippen LogP contribution in [0, 0.1) is 5.41 Å². The predicted octanol–water partition coefficient (Wildman–Crippen LogP) is 1.73. The minimum Gasteiger partial charge on any atom is -0.409 e. The van der Waals surface area contributed by atoms with E-state index >= 15 is 0 Å². The van der Waals surface area contributed by atoms with E-state index in [0.29, 0.717) is 26.2 Å². The van der Waals surface area contributed by atoms with E-state index < -0.39 is 0 Å². The molecule has 0 heterocycles. The highest BCUT2D eigenvalue weighted by atomic mass is 16.5. The van der Waals surface area contributed by atoms with Crippen molar-refractivity contribution >= 4 is 5.84 Å². The molecule has 0 bridgehead atoms. The van der Waals surface area contributed by atoms with Crippen molar-refractivity contribution in [3.8, 4) is 0 Å². The molecule has 1 aliphatic carbocycles. The van der Waals surface area contributed by atoms with Crippen LogP contribution < -0.4 is 5.73 Å². The molecule has 0 spiro atoms. The molecular weight excluding hydrogens is 220 g/mol. The van der Waals surface area contributed by atoms with Gasteiger partial charge in [0.15, 0.2) is 0 Å². The summed E-state index contributed by atoms with van der Waals surface area (Å²) < 4.78 is 11.1. The van der Waals surface area contributed by atoms with Crippen LogP contribution in [0.3, 0.4) is 0 Å². The number of hydrogen-bond acceptors (Lipinski definition) is 4. The minimum absolute atomic E-state index is 0.109. The molecule has 1 rings (SSSR count). The molecule has 100 valence electrons. The van der Waals surface area contributed by atoms with Crippen molar-refractivity contribution in [2.75, 3.05) is 19.8 Å². The number of rotatable bonds is 7. The SMILES string of the molecule is CC(C)(C)OCCOCC1(CC(N)=NO)CC1. The third-order valence-electron chi connectivity index (χ3n) is 2.81. The Morgan fingerprint density at radius 3 is 2.47 bits per heavy atom. The summed E-state index contributed by atoms with van der Waals surface area (Å²) in [5.74, 6) is 0.289. The van der Waals surface area contributed by atoms with Gasteiger partial charge in [0.25, 0.3) is 0 Å². The summed E-state index contributed by atoms with van der Waals surface area (Å²) in [4.78, 5) is 0. The molecule has 0 atom stereocenters. The monoisotopic (exact) mass is 244 g/mol. The second kappa shape index (κ2) is 5.69. The molecule has 0 unspecified atom stereocenters. The molecule has 0 radical (unpaired) electrons. The molecule has 0 aromatic heterocycles. The van der Waals surface area contributed by atoms with Crippen LogP contribution in [-0.4, -0.2) is 36.5 Å². The average molecular weight is 244 g/mol. The molecule has 0 aliphatic heterocycles. The fourth-order valence-electron chi connectivity index (χ4n) is 1.66. The summed E-state index contributed by atoms with van der Waals surface area (Å²) in [6.07, 6.45) is 2.79. The standard InChI is InChI=1S/C12H24N2O3/c1-11(2,3)17-7-6-16-9-12(4-5-12)8-10(13)14-15/h15H,4-9H2,1-3H3,(H2,13,14). The van der Waals surface area contributed by atoms with Crippen LogP contribution in [-0.2, 0) is 9.47 Å². The maximum Gasteiger partial charge on any atom is 0.139 e. The third kappa shape index (κ3) is 5.89. The number of ether oxygens (including phenoxy) is 2. The first-order valence-corrected chi connectivity index (χ1v) is 6.05. The molecule has 0 aromatic rings. The fourth-order valence-corrected chi connectivity index (χ4v) is 1.66. The van der Waals surface area contributed by atoms with Gasteiger partial charge >= 0.3 is 0 Å². The van der Waals surface area contributed by atoms with Gasteiger partial charge in [0, 0.05) is 11.8 Å². The Balaban J connectivity index is 2.11. The van der Waals surface area contributed by atoms with Crippen LogP contribution in [0.5, 0.6) is 0 Å². The van der Waals surface area contributed by atoms with Gasteiger partial charge in [-0.05, 0) is 33.6 Å². The number of oxime groups is 1. The highest BCUT2D eigenvalue weighted by Gasteiger charge is 2.43. The van der Waals surface area contributed by atoms with Crippen LogP contribution in [0.25, 0.3) is 0 Å². The van der Waals surface area contributed by atoms with E-state index in [1.54, 1.807) is 0 Å². The topological polar surface area (TPSA) is 77.1 Å². The van der Waals surface area contributed by atoms with Gasteiger partial charge in [0.05, 0.1) is 25.4 Å². The molecule has 17 heavy (non-hydrogen) atoms. The third-order valence-corrected chi connectivity index (χ3v) is 2.81. The molecule has 1 fully saturated rings. The van der Waals surface area contributed by atoms with Gasteiger partial charge in [-0.3, -0.25) is 0 Å². The smallest absolute Gasteiger partial charge is 0.139 e. The fraction of sp³-hybridized carbons (Fsp3) is 0.917. The van der Waals surface area contributed by atoms with Gasteiger partial charge in [-0.15, -0.1) is 0 Å². The zero-order valence-corrected chi connectivity index (χ0v) is 11.0. The van der Waals surface area contributed by atoms with Crippen LogP contribution in [0.4, 0.5) is 0 Å². The van der Waals surface area contributed by atoms with Gasteiger partial charge in [-0.25, -0.2) is 0 Å². The van der Waals surface area contributed by atoms with Crippen molar-refractivity contribution in [1.82, 2.24) is 0 Å². The van der Waals surface area contributed by atoms with E-state index in [9.17, 15) is 0 Å². The van der Waals surface area contributed by atoms with E-state index in [4.69, 9.17) is 20.4 Å². The first-order valence-electron chi connectivity index (χ1n) is 6.05. The number of nitrogens with two attached hydrogens (primary N) is 1. The second-order valence-electron chi connectivity index (χ2n) is 5.78. The Morgan fingerprint density at radius 2 is 2.00 bits per heavy atom. The maximum absolute atomic E-state index is 8.53. The molecular formula is C12H24N2O3. The first-order chi connectivity index (χ1) is 7.87. The summed E-state index contributed by atoms with van der Waals surface area (Å²) >= 11 is 0. The van der Waals surface area contributed by atoms with Crippen LogP contribution >= 0.6 is 0 Å². The van der Waals surface area contributed by atoms with Crippen molar-refractivity contribution in [1.29, 1.82) is 0 Å². The van der Waals surface area contributed by atoms with E-state index in [1.165, 1.54) is 0 Å². The van der Waals surface area contributed by atoms with Gasteiger partial charge < -0.3 is 20.4 Å². The van der Waals surface area contributed by atoms with Gasteiger partial charge in [0.2, 0.25) is 0 Å². The zero-order valence-electron chi connectivity index (χ0n) is 11.0. The Hall–Kier alpha value is -0.810. The van der Waals surface area contributed by atoms with Gasteiger partial charge in [-0.2, -0.15) is 0 Å². The quantitative estimate of drug-likeness (QED) is 0.235. The van der Waals surface area contributed by atoms with Crippen LogP contribution in [0.15, 0.2) is 5.16 Å².